The SMILES string of the molecule is O=c1/c(=C\c2ccc(Br)o2)sc2n1[C@H](c1cccs1)C1=C(N=2)c2ccccc2CC1. The largest absolute Gasteiger partial charge is 0.450 e. The van der Waals surface area contributed by atoms with Crippen molar-refractivity contribution in [2.24, 2.45) is 4.99 Å². The van der Waals surface area contributed by atoms with Crippen molar-refractivity contribution in [1.82, 2.24) is 4.57 Å². The second-order valence-electron chi connectivity index (χ2n) is 7.27. The van der Waals surface area contributed by atoms with Gasteiger partial charge in [0, 0.05) is 16.5 Å². The van der Waals surface area contributed by atoms with E-state index >= 15 is 0 Å². The Kier molecular flexibility index (Phi) is 4.30. The van der Waals surface area contributed by atoms with E-state index in [-0.39, 0.29) is 11.6 Å². The van der Waals surface area contributed by atoms with Crippen molar-refractivity contribution in [2.45, 2.75) is 18.9 Å². The number of hydrogen-bond acceptors (Lipinski definition) is 5. The minimum Gasteiger partial charge on any atom is -0.450 e. The number of thiazole rings is 1. The van der Waals surface area contributed by atoms with Gasteiger partial charge < -0.3 is 4.42 Å². The highest BCUT2D eigenvalue weighted by molar-refractivity contribution is 9.10. The molecule has 1 aliphatic heterocycles. The van der Waals surface area contributed by atoms with Crippen LogP contribution in [0.3, 0.4) is 0 Å². The molecule has 0 fully saturated rings. The fourth-order valence-electron chi connectivity index (χ4n) is 4.25. The maximum absolute atomic E-state index is 13.5. The number of nitrogens with zero attached hydrogens (tertiary/aromatic N) is 2. The summed E-state index contributed by atoms with van der Waals surface area (Å²) in [5.74, 6) is 0.647. The lowest BCUT2D eigenvalue weighted by atomic mass is 9.85. The molecule has 0 amide bonds. The third kappa shape index (κ3) is 2.84. The van der Waals surface area contributed by atoms with Crippen molar-refractivity contribution in [3.63, 3.8) is 0 Å². The van der Waals surface area contributed by atoms with Gasteiger partial charge in [-0.25, -0.2) is 4.99 Å². The fourth-order valence-corrected chi connectivity index (χ4v) is 6.40. The van der Waals surface area contributed by atoms with Gasteiger partial charge in [-0.15, -0.1) is 11.3 Å². The minimum atomic E-state index is -0.102. The van der Waals surface area contributed by atoms with E-state index in [0.717, 1.165) is 23.3 Å². The zero-order valence-corrected chi connectivity index (χ0v) is 18.9. The Labute approximate surface area is 188 Å². The summed E-state index contributed by atoms with van der Waals surface area (Å²) in [6.45, 7) is 0. The topological polar surface area (TPSA) is 47.5 Å². The molecule has 2 aliphatic rings. The van der Waals surface area contributed by atoms with Gasteiger partial charge in [0.05, 0.1) is 16.3 Å². The Morgan fingerprint density at radius 3 is 2.83 bits per heavy atom. The van der Waals surface area contributed by atoms with E-state index < -0.39 is 0 Å². The number of hydrogen-bond donors (Lipinski definition) is 0. The summed E-state index contributed by atoms with van der Waals surface area (Å²) in [6.07, 6.45) is 3.68. The fraction of sp³-hybridized carbons (Fsp3) is 0.130. The summed E-state index contributed by atoms with van der Waals surface area (Å²) in [7, 11) is 0. The predicted octanol–water partition coefficient (Wildman–Crippen LogP) is 4.74. The molecule has 1 aliphatic carbocycles. The van der Waals surface area contributed by atoms with Gasteiger partial charge in [-0.3, -0.25) is 9.36 Å². The van der Waals surface area contributed by atoms with Crippen molar-refractivity contribution in [3.8, 4) is 0 Å². The van der Waals surface area contributed by atoms with Gasteiger partial charge >= 0.3 is 0 Å². The number of furan rings is 1. The summed E-state index contributed by atoms with van der Waals surface area (Å²) in [5.41, 5.74) is 4.76. The quantitative estimate of drug-likeness (QED) is 0.404. The Morgan fingerprint density at radius 2 is 2.03 bits per heavy atom. The van der Waals surface area contributed by atoms with Crippen LogP contribution in [-0.2, 0) is 6.42 Å². The minimum absolute atomic E-state index is 0.0184. The first-order valence-corrected chi connectivity index (χ1v) is 12.1. The van der Waals surface area contributed by atoms with Gasteiger partial charge in [0.25, 0.3) is 5.56 Å². The molecular weight excluding hydrogens is 480 g/mol. The van der Waals surface area contributed by atoms with Crippen LogP contribution in [-0.4, -0.2) is 4.57 Å². The monoisotopic (exact) mass is 494 g/mol. The van der Waals surface area contributed by atoms with Gasteiger partial charge in [0.2, 0.25) is 0 Å². The molecule has 0 N–H and O–H groups in total. The lowest BCUT2D eigenvalue weighted by Gasteiger charge is -2.30. The molecule has 1 atom stereocenters. The van der Waals surface area contributed by atoms with Crippen LogP contribution in [0, 0.1) is 0 Å². The third-order valence-corrected chi connectivity index (χ3v) is 7.89. The van der Waals surface area contributed by atoms with Crippen molar-refractivity contribution in [1.29, 1.82) is 0 Å². The van der Waals surface area contributed by atoms with Gasteiger partial charge in [-0.2, -0.15) is 0 Å². The number of halogens is 1. The number of allylic oxidation sites excluding steroid dienone is 1. The Balaban J connectivity index is 1.64. The lowest BCUT2D eigenvalue weighted by Crippen LogP contribution is -2.38. The number of benzene rings is 1. The third-order valence-electron chi connectivity index (χ3n) is 5.55. The molecule has 0 saturated heterocycles. The molecule has 7 heteroatoms. The molecule has 6 rings (SSSR count). The summed E-state index contributed by atoms with van der Waals surface area (Å²) in [4.78, 5) is 20.4. The molecule has 0 spiro atoms. The predicted molar refractivity (Wildman–Crippen MR) is 123 cm³/mol. The van der Waals surface area contributed by atoms with Crippen LogP contribution in [0.1, 0.15) is 34.2 Å². The maximum Gasteiger partial charge on any atom is 0.271 e. The van der Waals surface area contributed by atoms with Gasteiger partial charge in [0.15, 0.2) is 9.47 Å². The molecule has 148 valence electrons. The molecule has 4 nitrogen and oxygen atoms in total. The lowest BCUT2D eigenvalue weighted by molar-refractivity contribution is 0.531. The Hall–Kier alpha value is -2.48. The molecule has 30 heavy (non-hydrogen) atoms. The highest BCUT2D eigenvalue weighted by atomic mass is 79.9. The molecule has 3 aromatic heterocycles. The van der Waals surface area contributed by atoms with E-state index in [1.165, 1.54) is 32.9 Å². The second-order valence-corrected chi connectivity index (χ2v) is 10.0. The molecular formula is C23H15BrN2O2S2. The van der Waals surface area contributed by atoms with Crippen LogP contribution in [0.25, 0.3) is 11.8 Å². The van der Waals surface area contributed by atoms with Crippen LogP contribution in [0.4, 0.5) is 0 Å². The molecule has 0 unspecified atom stereocenters. The molecule has 4 aromatic rings. The Bertz CT molecular complexity index is 1490. The smallest absolute Gasteiger partial charge is 0.271 e. The highest BCUT2D eigenvalue weighted by Crippen LogP contribution is 2.42. The first-order valence-electron chi connectivity index (χ1n) is 9.61. The molecule has 1 aromatic carbocycles. The van der Waals surface area contributed by atoms with Gasteiger partial charge in [0.1, 0.15) is 5.76 Å². The number of fused-ring (bicyclic) bond motifs is 3. The molecule has 0 bridgehead atoms. The summed E-state index contributed by atoms with van der Waals surface area (Å²) >= 11 is 6.43. The molecule has 4 heterocycles. The summed E-state index contributed by atoms with van der Waals surface area (Å²) in [6, 6.07) is 16.2. The van der Waals surface area contributed by atoms with E-state index in [9.17, 15) is 4.79 Å². The van der Waals surface area contributed by atoms with Crippen molar-refractivity contribution >= 4 is 50.4 Å². The number of thiophene rings is 1. The zero-order valence-electron chi connectivity index (χ0n) is 15.7. The van der Waals surface area contributed by atoms with Gasteiger partial charge in [-0.1, -0.05) is 41.7 Å². The zero-order chi connectivity index (χ0) is 20.2. The van der Waals surface area contributed by atoms with Crippen LogP contribution >= 0.6 is 38.6 Å². The summed E-state index contributed by atoms with van der Waals surface area (Å²) in [5, 5.41) is 2.07. The average molecular weight is 495 g/mol. The number of aromatic nitrogens is 1. The second kappa shape index (κ2) is 7.04. The number of rotatable bonds is 2. The van der Waals surface area contributed by atoms with E-state index in [2.05, 4.69) is 51.6 Å². The first-order chi connectivity index (χ1) is 14.7. The van der Waals surface area contributed by atoms with E-state index in [1.807, 2.05) is 22.8 Å². The first kappa shape index (κ1) is 18.3. The maximum atomic E-state index is 13.5. The average Bonchev–Trinajstić information content (AvgIpc) is 3.49. The van der Waals surface area contributed by atoms with Crippen LogP contribution in [0.2, 0.25) is 0 Å². The Morgan fingerprint density at radius 1 is 1.13 bits per heavy atom. The number of aryl methyl sites for hydroxylation is 1. The van der Waals surface area contributed by atoms with Crippen LogP contribution < -0.4 is 14.9 Å². The van der Waals surface area contributed by atoms with Crippen LogP contribution in [0.5, 0.6) is 0 Å². The van der Waals surface area contributed by atoms with Crippen molar-refractivity contribution < 1.29 is 4.42 Å². The summed E-state index contributed by atoms with van der Waals surface area (Å²) < 4.78 is 8.74. The van der Waals surface area contributed by atoms with Crippen molar-refractivity contribution in [3.05, 3.63) is 106 Å². The normalized spacial score (nSPS) is 18.0. The standard InChI is InChI=1S/C23H15BrN2O2S2/c24-19-10-8-14(28-19)12-18-22(27)26-21(17-6-3-11-29-17)16-9-7-13-4-1-2-5-15(13)20(16)25-23(26)30-18/h1-6,8,10-12,21H,7,9H2/b18-12+/t21-/m0/s1. The van der Waals surface area contributed by atoms with E-state index in [1.54, 1.807) is 17.4 Å². The van der Waals surface area contributed by atoms with E-state index in [0.29, 0.717) is 15.0 Å². The van der Waals surface area contributed by atoms with Crippen molar-refractivity contribution in [2.75, 3.05) is 0 Å². The van der Waals surface area contributed by atoms with Gasteiger partial charge in [-0.05, 0) is 63.5 Å². The molecule has 0 radical (unpaired) electrons. The highest BCUT2D eigenvalue weighted by Gasteiger charge is 2.32. The van der Waals surface area contributed by atoms with E-state index in [4.69, 9.17) is 9.41 Å². The van der Waals surface area contributed by atoms with Crippen LogP contribution in [0.15, 0.2) is 78.4 Å². The molecule has 0 saturated carbocycles.